The van der Waals surface area contributed by atoms with E-state index in [4.69, 9.17) is 5.11 Å². The Kier molecular flexibility index (Phi) is 4.97. The van der Waals surface area contributed by atoms with Crippen LogP contribution in [-0.2, 0) is 0 Å². The Bertz CT molecular complexity index is 331. The number of aromatic nitrogens is 1. The summed E-state index contributed by atoms with van der Waals surface area (Å²) >= 11 is 1.77. The molecule has 0 unspecified atom stereocenters. The second-order valence-electron chi connectivity index (χ2n) is 2.98. The largest absolute Gasteiger partial charge is 0.478 e. The van der Waals surface area contributed by atoms with Crippen LogP contribution in [0, 0.1) is 0 Å². The van der Waals surface area contributed by atoms with Crippen LogP contribution in [0.15, 0.2) is 18.3 Å². The van der Waals surface area contributed by atoms with E-state index in [0.29, 0.717) is 5.82 Å². The first-order valence-corrected chi connectivity index (χ1v) is 6.06. The highest BCUT2D eigenvalue weighted by Gasteiger charge is 2.09. The van der Waals surface area contributed by atoms with Gasteiger partial charge in [-0.05, 0) is 30.6 Å². The Balaban J connectivity index is 2.56. The van der Waals surface area contributed by atoms with Crippen molar-refractivity contribution in [2.75, 3.05) is 23.9 Å². The van der Waals surface area contributed by atoms with Crippen LogP contribution >= 0.6 is 11.8 Å². The van der Waals surface area contributed by atoms with E-state index >= 15 is 0 Å². The Morgan fingerprint density at radius 3 is 3.13 bits per heavy atom. The molecule has 0 saturated carbocycles. The standard InChI is InChI=1S/C10H14N2O2S/c1-15-7-3-6-12-9-8(10(13)14)4-2-5-11-9/h2,4-5H,3,6-7H2,1H3,(H,11,12)(H,13,14). The number of hydrogen-bond acceptors (Lipinski definition) is 4. The predicted octanol–water partition coefficient (Wildman–Crippen LogP) is 1.94. The van der Waals surface area contributed by atoms with Gasteiger partial charge >= 0.3 is 5.97 Å². The van der Waals surface area contributed by atoms with Crippen molar-refractivity contribution in [1.29, 1.82) is 0 Å². The molecule has 82 valence electrons. The number of nitrogens with zero attached hydrogens (tertiary/aromatic N) is 1. The molecule has 0 spiro atoms. The van der Waals surface area contributed by atoms with Gasteiger partial charge in [0.05, 0.1) is 0 Å². The van der Waals surface area contributed by atoms with E-state index in [-0.39, 0.29) is 5.56 Å². The molecule has 0 atom stereocenters. The van der Waals surface area contributed by atoms with E-state index in [9.17, 15) is 4.79 Å². The van der Waals surface area contributed by atoms with E-state index in [1.54, 1.807) is 30.1 Å². The van der Waals surface area contributed by atoms with Crippen molar-refractivity contribution >= 4 is 23.5 Å². The average Bonchev–Trinajstić information content (AvgIpc) is 2.25. The maximum atomic E-state index is 10.8. The molecule has 2 N–H and O–H groups in total. The third kappa shape index (κ3) is 3.79. The molecule has 0 bridgehead atoms. The fourth-order valence-electron chi connectivity index (χ4n) is 1.14. The minimum Gasteiger partial charge on any atom is -0.478 e. The minimum atomic E-state index is -0.949. The predicted molar refractivity (Wildman–Crippen MR) is 62.7 cm³/mol. The van der Waals surface area contributed by atoms with Gasteiger partial charge in [0.25, 0.3) is 0 Å². The molecule has 0 fully saturated rings. The van der Waals surface area contributed by atoms with Crippen molar-refractivity contribution < 1.29 is 9.90 Å². The van der Waals surface area contributed by atoms with Gasteiger partial charge < -0.3 is 10.4 Å². The molecule has 0 amide bonds. The van der Waals surface area contributed by atoms with Crippen molar-refractivity contribution in [3.63, 3.8) is 0 Å². The molecule has 0 aliphatic rings. The molecular weight excluding hydrogens is 212 g/mol. The summed E-state index contributed by atoms with van der Waals surface area (Å²) < 4.78 is 0. The molecule has 15 heavy (non-hydrogen) atoms. The highest BCUT2D eigenvalue weighted by atomic mass is 32.2. The maximum absolute atomic E-state index is 10.8. The van der Waals surface area contributed by atoms with Crippen LogP contribution in [0.3, 0.4) is 0 Å². The summed E-state index contributed by atoms with van der Waals surface area (Å²) in [5.74, 6) is 0.559. The second kappa shape index (κ2) is 6.29. The topological polar surface area (TPSA) is 62.2 Å². The SMILES string of the molecule is CSCCCNc1ncccc1C(=O)O. The van der Waals surface area contributed by atoms with E-state index in [2.05, 4.69) is 10.3 Å². The number of anilines is 1. The summed E-state index contributed by atoms with van der Waals surface area (Å²) in [5.41, 5.74) is 0.224. The first-order valence-electron chi connectivity index (χ1n) is 4.67. The quantitative estimate of drug-likeness (QED) is 0.726. The smallest absolute Gasteiger partial charge is 0.339 e. The Labute approximate surface area is 93.1 Å². The zero-order chi connectivity index (χ0) is 11.1. The van der Waals surface area contributed by atoms with Crippen LogP contribution in [0.2, 0.25) is 0 Å². The number of nitrogens with one attached hydrogen (secondary N) is 1. The van der Waals surface area contributed by atoms with Crippen LogP contribution in [-0.4, -0.2) is 34.6 Å². The highest BCUT2D eigenvalue weighted by molar-refractivity contribution is 7.98. The number of rotatable bonds is 6. The molecule has 0 aromatic carbocycles. The number of carboxylic acids is 1. The van der Waals surface area contributed by atoms with E-state index in [1.807, 2.05) is 6.26 Å². The number of aromatic carboxylic acids is 1. The zero-order valence-electron chi connectivity index (χ0n) is 8.56. The number of carboxylic acid groups (broad SMARTS) is 1. The van der Waals surface area contributed by atoms with Crippen molar-refractivity contribution in [2.45, 2.75) is 6.42 Å². The van der Waals surface area contributed by atoms with Gasteiger partial charge in [0, 0.05) is 12.7 Å². The van der Waals surface area contributed by atoms with Crippen LogP contribution in [0.4, 0.5) is 5.82 Å². The summed E-state index contributed by atoms with van der Waals surface area (Å²) in [4.78, 5) is 14.8. The first-order chi connectivity index (χ1) is 7.25. The molecule has 0 saturated heterocycles. The lowest BCUT2D eigenvalue weighted by Gasteiger charge is -2.07. The van der Waals surface area contributed by atoms with E-state index < -0.39 is 5.97 Å². The zero-order valence-corrected chi connectivity index (χ0v) is 9.38. The summed E-state index contributed by atoms with van der Waals surface area (Å²) in [6, 6.07) is 3.17. The molecular formula is C10H14N2O2S. The molecule has 0 aliphatic heterocycles. The van der Waals surface area contributed by atoms with Gasteiger partial charge in [0.15, 0.2) is 0 Å². The Morgan fingerprint density at radius 2 is 2.47 bits per heavy atom. The second-order valence-corrected chi connectivity index (χ2v) is 3.96. The summed E-state index contributed by atoms with van der Waals surface area (Å²) in [6.07, 6.45) is 4.63. The van der Waals surface area contributed by atoms with E-state index in [1.165, 1.54) is 0 Å². The number of thioether (sulfide) groups is 1. The molecule has 0 aliphatic carbocycles. The molecule has 1 heterocycles. The average molecular weight is 226 g/mol. The van der Waals surface area contributed by atoms with Crippen molar-refractivity contribution in [1.82, 2.24) is 4.98 Å². The van der Waals surface area contributed by atoms with Crippen molar-refractivity contribution in [3.05, 3.63) is 23.9 Å². The van der Waals surface area contributed by atoms with Gasteiger partial charge in [-0.25, -0.2) is 9.78 Å². The molecule has 1 aromatic rings. The lowest BCUT2D eigenvalue weighted by molar-refractivity contribution is 0.0697. The molecule has 4 nitrogen and oxygen atoms in total. The number of hydrogen-bond donors (Lipinski definition) is 2. The lowest BCUT2D eigenvalue weighted by atomic mass is 10.2. The van der Waals surface area contributed by atoms with Crippen LogP contribution in [0.5, 0.6) is 0 Å². The molecule has 1 aromatic heterocycles. The van der Waals surface area contributed by atoms with E-state index in [0.717, 1.165) is 18.7 Å². The van der Waals surface area contributed by atoms with Gasteiger partial charge in [-0.3, -0.25) is 0 Å². The normalized spacial score (nSPS) is 9.93. The van der Waals surface area contributed by atoms with Crippen LogP contribution < -0.4 is 5.32 Å². The van der Waals surface area contributed by atoms with Crippen LogP contribution in [0.1, 0.15) is 16.8 Å². The molecule has 1 rings (SSSR count). The number of carbonyl (C=O) groups is 1. The summed E-state index contributed by atoms with van der Waals surface area (Å²) in [6.45, 7) is 0.748. The van der Waals surface area contributed by atoms with Gasteiger partial charge in [-0.2, -0.15) is 11.8 Å². The Hall–Kier alpha value is -1.23. The highest BCUT2D eigenvalue weighted by Crippen LogP contribution is 2.11. The fourth-order valence-corrected chi connectivity index (χ4v) is 1.58. The molecule has 5 heteroatoms. The van der Waals surface area contributed by atoms with Gasteiger partial charge in [-0.15, -0.1) is 0 Å². The monoisotopic (exact) mass is 226 g/mol. The first kappa shape index (κ1) is 11.8. The third-order valence-corrected chi connectivity index (χ3v) is 2.55. The lowest BCUT2D eigenvalue weighted by Crippen LogP contribution is -2.09. The van der Waals surface area contributed by atoms with Crippen molar-refractivity contribution in [2.24, 2.45) is 0 Å². The third-order valence-electron chi connectivity index (χ3n) is 1.86. The minimum absolute atomic E-state index is 0.224. The Morgan fingerprint density at radius 1 is 1.67 bits per heavy atom. The van der Waals surface area contributed by atoms with Gasteiger partial charge in [0.2, 0.25) is 0 Å². The van der Waals surface area contributed by atoms with Crippen LogP contribution in [0.25, 0.3) is 0 Å². The number of pyridine rings is 1. The summed E-state index contributed by atoms with van der Waals surface area (Å²) in [5, 5.41) is 11.9. The molecule has 0 radical (unpaired) electrons. The fraction of sp³-hybridized carbons (Fsp3) is 0.400. The summed E-state index contributed by atoms with van der Waals surface area (Å²) in [7, 11) is 0. The van der Waals surface area contributed by atoms with Gasteiger partial charge in [-0.1, -0.05) is 0 Å². The van der Waals surface area contributed by atoms with Crippen molar-refractivity contribution in [3.8, 4) is 0 Å². The maximum Gasteiger partial charge on any atom is 0.339 e. The van der Waals surface area contributed by atoms with Gasteiger partial charge in [0.1, 0.15) is 11.4 Å².